The summed E-state index contributed by atoms with van der Waals surface area (Å²) in [6, 6.07) is 7.30. The Morgan fingerprint density at radius 3 is 2.35 bits per heavy atom. The molecule has 1 aromatic carbocycles. The van der Waals surface area contributed by atoms with Gasteiger partial charge in [0, 0.05) is 18.4 Å². The maximum Gasteiger partial charge on any atom is 0.319 e. The number of carbonyl (C=O) groups excluding carboxylic acids is 1. The van der Waals surface area contributed by atoms with Crippen LogP contribution in [0, 0.1) is 6.92 Å². The maximum absolute atomic E-state index is 11.5. The Balaban J connectivity index is 2.35. The first-order valence-electron chi connectivity index (χ1n) is 5.52. The predicted molar refractivity (Wildman–Crippen MR) is 72.5 cm³/mol. The van der Waals surface area contributed by atoms with E-state index in [1.54, 1.807) is 13.3 Å². The van der Waals surface area contributed by atoms with Crippen LogP contribution in [0.1, 0.15) is 5.56 Å². The second-order valence-corrected chi connectivity index (χ2v) is 8.14. The van der Waals surface area contributed by atoms with Gasteiger partial charge in [-0.05, 0) is 32.4 Å². The Hall–Kier alpha value is -1.28. The lowest BCUT2D eigenvalue weighted by Gasteiger charge is -2.09. The minimum absolute atomic E-state index is 0.262. The van der Waals surface area contributed by atoms with Crippen molar-refractivity contribution < 1.29 is 9.36 Å². The first kappa shape index (κ1) is 13.8. The standard InChI is InChI=1S/C12H19N2O2P/c1-10-4-6-11(7-5-10)14-12(15)13-8-9-17(2,3)16/h4-7H,8-9H2,1-3H3,(H2,13,14,15). The largest absolute Gasteiger partial charge is 0.337 e. The molecule has 0 fully saturated rings. The van der Waals surface area contributed by atoms with Crippen molar-refractivity contribution in [3.8, 4) is 0 Å². The van der Waals surface area contributed by atoms with Crippen LogP contribution in [0.4, 0.5) is 10.5 Å². The van der Waals surface area contributed by atoms with Crippen molar-refractivity contribution in [2.45, 2.75) is 6.92 Å². The Kier molecular flexibility index (Phi) is 4.76. The van der Waals surface area contributed by atoms with Gasteiger partial charge in [-0.3, -0.25) is 0 Å². The Morgan fingerprint density at radius 2 is 1.82 bits per heavy atom. The van der Waals surface area contributed by atoms with Crippen LogP contribution >= 0.6 is 7.14 Å². The molecule has 1 rings (SSSR count). The molecule has 0 aliphatic carbocycles. The van der Waals surface area contributed by atoms with E-state index in [-0.39, 0.29) is 6.03 Å². The van der Waals surface area contributed by atoms with Crippen molar-refractivity contribution in [1.82, 2.24) is 5.32 Å². The van der Waals surface area contributed by atoms with Gasteiger partial charge >= 0.3 is 6.03 Å². The molecule has 0 heterocycles. The third kappa shape index (κ3) is 6.12. The van der Waals surface area contributed by atoms with E-state index in [0.29, 0.717) is 12.7 Å². The van der Waals surface area contributed by atoms with Gasteiger partial charge < -0.3 is 15.2 Å². The minimum atomic E-state index is -2.05. The molecule has 0 unspecified atom stereocenters. The second kappa shape index (κ2) is 5.87. The predicted octanol–water partition coefficient (Wildman–Crippen LogP) is 2.74. The van der Waals surface area contributed by atoms with Crippen LogP contribution < -0.4 is 10.6 Å². The number of anilines is 1. The van der Waals surface area contributed by atoms with E-state index in [1.165, 1.54) is 0 Å². The average molecular weight is 254 g/mol. The highest BCUT2D eigenvalue weighted by atomic mass is 31.2. The monoisotopic (exact) mass is 254 g/mol. The van der Waals surface area contributed by atoms with Crippen LogP contribution in [0.5, 0.6) is 0 Å². The van der Waals surface area contributed by atoms with Gasteiger partial charge in [0.05, 0.1) is 7.14 Å². The fraction of sp³-hybridized carbons (Fsp3) is 0.417. The highest BCUT2D eigenvalue weighted by molar-refractivity contribution is 7.62. The Bertz CT molecular complexity index is 423. The molecular weight excluding hydrogens is 235 g/mol. The molecule has 0 aliphatic rings. The molecule has 0 bridgehead atoms. The number of carbonyl (C=O) groups is 1. The lowest BCUT2D eigenvalue weighted by molar-refractivity contribution is 0.252. The summed E-state index contributed by atoms with van der Waals surface area (Å²) in [4.78, 5) is 11.5. The normalized spacial score (nSPS) is 11.0. The maximum atomic E-state index is 11.5. The number of urea groups is 1. The summed E-state index contributed by atoms with van der Waals surface area (Å²) in [5, 5.41) is 5.40. The van der Waals surface area contributed by atoms with E-state index in [0.717, 1.165) is 11.3 Å². The van der Waals surface area contributed by atoms with Crippen LogP contribution in [0.2, 0.25) is 0 Å². The smallest absolute Gasteiger partial charge is 0.319 e. The first-order chi connectivity index (χ1) is 7.87. The van der Waals surface area contributed by atoms with Crippen LogP contribution in [0.25, 0.3) is 0 Å². The number of nitrogens with one attached hydrogen (secondary N) is 2. The van der Waals surface area contributed by atoms with Gasteiger partial charge in [0.15, 0.2) is 0 Å². The number of hydrogen-bond acceptors (Lipinski definition) is 2. The lowest BCUT2D eigenvalue weighted by atomic mass is 10.2. The van der Waals surface area contributed by atoms with Gasteiger partial charge in [-0.25, -0.2) is 4.79 Å². The van der Waals surface area contributed by atoms with Crippen molar-refractivity contribution >= 4 is 18.9 Å². The van der Waals surface area contributed by atoms with Crippen molar-refractivity contribution in [1.29, 1.82) is 0 Å². The highest BCUT2D eigenvalue weighted by Crippen LogP contribution is 2.34. The summed E-state index contributed by atoms with van der Waals surface area (Å²) in [7, 11) is -2.05. The highest BCUT2D eigenvalue weighted by Gasteiger charge is 2.07. The summed E-state index contributed by atoms with van der Waals surface area (Å²) >= 11 is 0. The van der Waals surface area contributed by atoms with Crippen molar-refractivity contribution in [3.05, 3.63) is 29.8 Å². The molecule has 1 aromatic rings. The topological polar surface area (TPSA) is 58.2 Å². The van der Waals surface area contributed by atoms with Gasteiger partial charge in [0.25, 0.3) is 0 Å². The summed E-state index contributed by atoms with van der Waals surface area (Å²) in [5.41, 5.74) is 1.90. The molecule has 2 amide bonds. The molecule has 0 saturated carbocycles. The molecular formula is C12H19N2O2P. The second-order valence-electron chi connectivity index (χ2n) is 4.54. The zero-order valence-electron chi connectivity index (χ0n) is 10.5. The van der Waals surface area contributed by atoms with Gasteiger partial charge in [-0.15, -0.1) is 0 Å². The van der Waals surface area contributed by atoms with E-state index in [1.807, 2.05) is 31.2 Å². The molecule has 0 aliphatic heterocycles. The molecule has 0 spiro atoms. The molecule has 2 N–H and O–H groups in total. The van der Waals surface area contributed by atoms with Gasteiger partial charge in [-0.1, -0.05) is 17.7 Å². The van der Waals surface area contributed by atoms with Gasteiger partial charge in [-0.2, -0.15) is 0 Å². The summed E-state index contributed by atoms with van der Waals surface area (Å²) in [6.07, 6.45) is 0.522. The van der Waals surface area contributed by atoms with E-state index >= 15 is 0 Å². The fourth-order valence-electron chi connectivity index (χ4n) is 1.25. The quantitative estimate of drug-likeness (QED) is 0.812. The zero-order valence-corrected chi connectivity index (χ0v) is 11.4. The van der Waals surface area contributed by atoms with E-state index in [4.69, 9.17) is 0 Å². The van der Waals surface area contributed by atoms with Gasteiger partial charge in [0.2, 0.25) is 0 Å². The van der Waals surface area contributed by atoms with E-state index in [2.05, 4.69) is 10.6 Å². The molecule has 5 heteroatoms. The van der Waals surface area contributed by atoms with Crippen molar-refractivity contribution in [2.24, 2.45) is 0 Å². The zero-order chi connectivity index (χ0) is 12.9. The van der Waals surface area contributed by atoms with Crippen molar-refractivity contribution in [2.75, 3.05) is 31.4 Å². The number of hydrogen-bond donors (Lipinski definition) is 2. The number of rotatable bonds is 4. The molecule has 17 heavy (non-hydrogen) atoms. The molecule has 0 saturated heterocycles. The Labute approximate surface area is 102 Å². The fourth-order valence-corrected chi connectivity index (χ4v) is 1.90. The third-order valence-corrected chi connectivity index (χ3v) is 3.55. The van der Waals surface area contributed by atoms with Crippen LogP contribution in [0.3, 0.4) is 0 Å². The molecule has 0 radical (unpaired) electrons. The van der Waals surface area contributed by atoms with E-state index < -0.39 is 7.14 Å². The molecule has 0 atom stereocenters. The number of aryl methyl sites for hydroxylation is 1. The summed E-state index contributed by atoms with van der Waals surface area (Å²) in [5.74, 6) is 0. The third-order valence-electron chi connectivity index (χ3n) is 2.25. The first-order valence-corrected chi connectivity index (χ1v) is 8.31. The molecule has 94 valence electrons. The molecule has 4 nitrogen and oxygen atoms in total. The van der Waals surface area contributed by atoms with Gasteiger partial charge in [0.1, 0.15) is 0 Å². The van der Waals surface area contributed by atoms with Crippen LogP contribution in [0.15, 0.2) is 24.3 Å². The molecule has 0 aromatic heterocycles. The lowest BCUT2D eigenvalue weighted by Crippen LogP contribution is -2.30. The minimum Gasteiger partial charge on any atom is -0.337 e. The van der Waals surface area contributed by atoms with E-state index in [9.17, 15) is 9.36 Å². The Morgan fingerprint density at radius 1 is 1.24 bits per heavy atom. The van der Waals surface area contributed by atoms with Crippen molar-refractivity contribution in [3.63, 3.8) is 0 Å². The van der Waals surface area contributed by atoms with Crippen LogP contribution in [-0.2, 0) is 4.57 Å². The van der Waals surface area contributed by atoms with Crippen LogP contribution in [-0.4, -0.2) is 32.1 Å². The summed E-state index contributed by atoms with van der Waals surface area (Å²) in [6.45, 7) is 5.85. The SMILES string of the molecule is Cc1ccc(NC(=O)NCCP(C)(C)=O)cc1. The number of benzene rings is 1. The average Bonchev–Trinajstić information content (AvgIpc) is 2.19. The number of amides is 2. The summed E-state index contributed by atoms with van der Waals surface area (Å²) < 4.78 is 11.4.